The molecular weight excluding hydrogens is 320 g/mol. The zero-order chi connectivity index (χ0) is 14.8. The van der Waals surface area contributed by atoms with Gasteiger partial charge in [-0.15, -0.1) is 0 Å². The molecule has 1 fully saturated rings. The van der Waals surface area contributed by atoms with E-state index in [9.17, 15) is 16.8 Å². The third kappa shape index (κ3) is 4.52. The molecule has 0 saturated carbocycles. The Morgan fingerprint density at radius 1 is 1.40 bits per heavy atom. The summed E-state index contributed by atoms with van der Waals surface area (Å²) in [5, 5.41) is 3.79. The second-order valence-corrected chi connectivity index (χ2v) is 9.62. The Morgan fingerprint density at radius 3 is 2.70 bits per heavy atom. The monoisotopic (exact) mass is 338 g/mol. The summed E-state index contributed by atoms with van der Waals surface area (Å²) in [7, 11) is -6.60. The van der Waals surface area contributed by atoms with Crippen molar-refractivity contribution >= 4 is 31.4 Å². The summed E-state index contributed by atoms with van der Waals surface area (Å²) in [6, 6.07) is 1.87. The van der Waals surface area contributed by atoms with Crippen LogP contribution in [0.3, 0.4) is 0 Å². The summed E-state index contributed by atoms with van der Waals surface area (Å²) in [4.78, 5) is 0. The molecule has 2 rings (SSSR count). The van der Waals surface area contributed by atoms with Gasteiger partial charge in [-0.3, -0.25) is 0 Å². The molecule has 1 aromatic heterocycles. The summed E-state index contributed by atoms with van der Waals surface area (Å²) in [5.41, 5.74) is 0.933. The molecule has 0 bridgehead atoms. The number of nitrogens with one attached hydrogen (secondary N) is 1. The van der Waals surface area contributed by atoms with Crippen molar-refractivity contribution < 1.29 is 16.8 Å². The normalized spacial score (nSPS) is 21.4. The fourth-order valence-electron chi connectivity index (χ4n) is 2.19. The van der Waals surface area contributed by atoms with E-state index in [0.717, 1.165) is 11.8 Å². The smallest absolute Gasteiger partial charge is 0.212 e. The van der Waals surface area contributed by atoms with Crippen molar-refractivity contribution in [1.82, 2.24) is 9.03 Å². The summed E-state index contributed by atoms with van der Waals surface area (Å²) >= 11 is 1.52. The summed E-state index contributed by atoms with van der Waals surface area (Å²) in [6.45, 7) is 0.982. The topological polar surface area (TPSA) is 83.6 Å². The molecule has 20 heavy (non-hydrogen) atoms. The first kappa shape index (κ1) is 15.9. The van der Waals surface area contributed by atoms with E-state index in [1.807, 2.05) is 16.8 Å². The van der Waals surface area contributed by atoms with Gasteiger partial charge in [0.1, 0.15) is 0 Å². The Morgan fingerprint density at radius 2 is 2.15 bits per heavy atom. The zero-order valence-electron chi connectivity index (χ0n) is 11.1. The van der Waals surface area contributed by atoms with Gasteiger partial charge in [-0.2, -0.15) is 11.3 Å². The van der Waals surface area contributed by atoms with Gasteiger partial charge in [-0.25, -0.2) is 25.9 Å². The highest BCUT2D eigenvalue weighted by Crippen LogP contribution is 2.20. The molecule has 0 aromatic carbocycles. The zero-order valence-corrected chi connectivity index (χ0v) is 13.6. The van der Waals surface area contributed by atoms with Crippen LogP contribution in [0.1, 0.15) is 12.0 Å². The Hall–Kier alpha value is -0.480. The second-order valence-electron chi connectivity index (χ2n) is 5.01. The van der Waals surface area contributed by atoms with Crippen molar-refractivity contribution in [3.8, 4) is 0 Å². The number of sulfonamides is 2. The summed E-state index contributed by atoms with van der Waals surface area (Å²) < 4.78 is 50.6. The highest BCUT2D eigenvalue weighted by atomic mass is 32.2. The van der Waals surface area contributed by atoms with Crippen LogP contribution in [0, 0.1) is 5.92 Å². The SMILES string of the molecule is CS(=O)(=O)N1CC[C@@H](CS(=O)(=O)NCc2ccsc2)C1. The Balaban J connectivity index is 1.86. The van der Waals surface area contributed by atoms with Gasteiger partial charge in [-0.1, -0.05) is 0 Å². The molecule has 1 aliphatic rings. The van der Waals surface area contributed by atoms with Gasteiger partial charge >= 0.3 is 0 Å². The third-order valence-electron chi connectivity index (χ3n) is 3.25. The van der Waals surface area contributed by atoms with Gasteiger partial charge in [-0.05, 0) is 34.7 Å². The maximum Gasteiger partial charge on any atom is 0.212 e. The second kappa shape index (κ2) is 6.10. The first-order valence-corrected chi connectivity index (χ1v) is 10.6. The van der Waals surface area contributed by atoms with Gasteiger partial charge in [0.2, 0.25) is 20.0 Å². The van der Waals surface area contributed by atoms with Crippen LogP contribution in [0.25, 0.3) is 0 Å². The highest BCUT2D eigenvalue weighted by Gasteiger charge is 2.31. The molecule has 0 radical (unpaired) electrons. The average molecular weight is 338 g/mol. The summed E-state index contributed by atoms with van der Waals surface area (Å²) in [6.07, 6.45) is 1.74. The van der Waals surface area contributed by atoms with Crippen molar-refractivity contribution in [1.29, 1.82) is 0 Å². The summed E-state index contributed by atoms with van der Waals surface area (Å²) in [5.74, 6) is -0.159. The fraction of sp³-hybridized carbons (Fsp3) is 0.636. The van der Waals surface area contributed by atoms with Crippen LogP contribution in [0.5, 0.6) is 0 Å². The molecule has 0 unspecified atom stereocenters. The molecule has 0 aliphatic carbocycles. The predicted octanol–water partition coefficient (Wildman–Crippen LogP) is 0.449. The molecule has 9 heteroatoms. The molecule has 1 aromatic rings. The molecule has 1 saturated heterocycles. The van der Waals surface area contributed by atoms with Crippen molar-refractivity contribution in [2.24, 2.45) is 5.92 Å². The van der Waals surface area contributed by atoms with E-state index >= 15 is 0 Å². The van der Waals surface area contributed by atoms with E-state index in [-0.39, 0.29) is 24.8 Å². The molecule has 1 N–H and O–H groups in total. The minimum atomic E-state index is -3.38. The number of hydrogen-bond acceptors (Lipinski definition) is 5. The first-order chi connectivity index (χ1) is 9.26. The lowest BCUT2D eigenvalue weighted by molar-refractivity contribution is 0.467. The van der Waals surface area contributed by atoms with E-state index < -0.39 is 20.0 Å². The Labute approximate surface area is 123 Å². The van der Waals surface area contributed by atoms with E-state index in [2.05, 4.69) is 4.72 Å². The molecule has 114 valence electrons. The minimum absolute atomic E-state index is 0.0246. The van der Waals surface area contributed by atoms with Crippen LogP contribution < -0.4 is 4.72 Å². The van der Waals surface area contributed by atoms with Crippen LogP contribution in [-0.4, -0.2) is 46.2 Å². The van der Waals surface area contributed by atoms with Crippen LogP contribution in [0.2, 0.25) is 0 Å². The Bertz CT molecular complexity index is 637. The largest absolute Gasteiger partial charge is 0.213 e. The molecule has 1 atom stereocenters. The predicted molar refractivity (Wildman–Crippen MR) is 79.5 cm³/mol. The lowest BCUT2D eigenvalue weighted by Gasteiger charge is -2.13. The van der Waals surface area contributed by atoms with Gasteiger partial charge in [0.05, 0.1) is 12.0 Å². The van der Waals surface area contributed by atoms with E-state index in [1.165, 1.54) is 15.6 Å². The molecule has 2 heterocycles. The number of nitrogens with zero attached hydrogens (tertiary/aromatic N) is 1. The van der Waals surface area contributed by atoms with Crippen molar-refractivity contribution in [2.75, 3.05) is 25.1 Å². The number of rotatable bonds is 6. The van der Waals surface area contributed by atoms with E-state index in [1.54, 1.807) is 0 Å². The number of thiophene rings is 1. The average Bonchev–Trinajstić information content (AvgIpc) is 2.95. The van der Waals surface area contributed by atoms with Crippen LogP contribution in [0.15, 0.2) is 16.8 Å². The molecule has 6 nitrogen and oxygen atoms in total. The van der Waals surface area contributed by atoms with Crippen LogP contribution >= 0.6 is 11.3 Å². The van der Waals surface area contributed by atoms with Crippen molar-refractivity contribution in [3.05, 3.63) is 22.4 Å². The lowest BCUT2D eigenvalue weighted by atomic mass is 10.2. The Kier molecular flexibility index (Phi) is 4.85. The quantitative estimate of drug-likeness (QED) is 0.816. The van der Waals surface area contributed by atoms with Gasteiger partial charge in [0.25, 0.3) is 0 Å². The maximum absolute atomic E-state index is 12.0. The standard InChI is InChI=1S/C11H18N2O4S3/c1-19(14,15)13-4-2-11(7-13)9-20(16,17)12-6-10-3-5-18-8-10/h3,5,8,11-12H,2,4,6-7,9H2,1H3/t11-/m1/s1. The first-order valence-electron chi connectivity index (χ1n) is 6.20. The maximum atomic E-state index is 12.0. The van der Waals surface area contributed by atoms with Crippen molar-refractivity contribution in [2.45, 2.75) is 13.0 Å². The van der Waals surface area contributed by atoms with E-state index in [0.29, 0.717) is 13.0 Å². The lowest BCUT2D eigenvalue weighted by Crippen LogP contribution is -2.32. The van der Waals surface area contributed by atoms with Crippen LogP contribution in [-0.2, 0) is 26.6 Å². The number of hydrogen-bond donors (Lipinski definition) is 1. The van der Waals surface area contributed by atoms with Gasteiger partial charge in [0.15, 0.2) is 0 Å². The van der Waals surface area contributed by atoms with Gasteiger partial charge < -0.3 is 0 Å². The minimum Gasteiger partial charge on any atom is -0.213 e. The highest BCUT2D eigenvalue weighted by molar-refractivity contribution is 7.89. The molecule has 0 spiro atoms. The molecule has 0 amide bonds. The fourth-order valence-corrected chi connectivity index (χ4v) is 5.17. The molecular formula is C11H18N2O4S3. The van der Waals surface area contributed by atoms with Crippen molar-refractivity contribution in [3.63, 3.8) is 0 Å². The molecule has 1 aliphatic heterocycles. The third-order valence-corrected chi connectivity index (χ3v) is 6.75. The van der Waals surface area contributed by atoms with Crippen LogP contribution in [0.4, 0.5) is 0 Å². The van der Waals surface area contributed by atoms with Gasteiger partial charge in [0, 0.05) is 19.6 Å². The van der Waals surface area contributed by atoms with E-state index in [4.69, 9.17) is 0 Å².